The molecule has 0 fully saturated rings. The second kappa shape index (κ2) is 8.53. The summed E-state index contributed by atoms with van der Waals surface area (Å²) < 4.78 is 10.6. The van der Waals surface area contributed by atoms with Crippen LogP contribution in [0.5, 0.6) is 11.5 Å². The molecule has 0 unspecified atom stereocenters. The molecule has 1 N–H and O–H groups in total. The number of hydrogen-bond acceptors (Lipinski definition) is 5. The molecule has 1 heterocycles. The number of nitrogens with one attached hydrogen (secondary N) is 1. The minimum Gasteiger partial charge on any atom is -0.497 e. The molecule has 0 atom stereocenters. The standard InChI is InChI=1S/C24H19ClN2O4/c1-30-18-12-10-15(11-13-18)21-22(26-19-8-3-4-9-20(19)31-2)24(29)27(23(21)28)17-7-5-6-16(25)14-17/h3-14,26H,1-2H3. The third kappa shape index (κ3) is 3.85. The zero-order chi connectivity index (χ0) is 22.0. The van der Waals surface area contributed by atoms with Crippen molar-refractivity contribution in [2.75, 3.05) is 24.4 Å². The fourth-order valence-electron chi connectivity index (χ4n) is 3.40. The highest BCUT2D eigenvalue weighted by molar-refractivity contribution is 6.46. The van der Waals surface area contributed by atoms with Crippen molar-refractivity contribution < 1.29 is 19.1 Å². The van der Waals surface area contributed by atoms with E-state index in [1.807, 2.05) is 12.1 Å². The number of methoxy groups -OCH3 is 2. The van der Waals surface area contributed by atoms with Gasteiger partial charge in [-0.25, -0.2) is 4.90 Å². The lowest BCUT2D eigenvalue weighted by Crippen LogP contribution is -2.32. The van der Waals surface area contributed by atoms with Crippen LogP contribution in [0.25, 0.3) is 5.57 Å². The summed E-state index contributed by atoms with van der Waals surface area (Å²) in [5.41, 5.74) is 1.95. The Balaban J connectivity index is 1.84. The van der Waals surface area contributed by atoms with Gasteiger partial charge in [0, 0.05) is 5.02 Å². The van der Waals surface area contributed by atoms with Gasteiger partial charge in [-0.05, 0) is 48.0 Å². The summed E-state index contributed by atoms with van der Waals surface area (Å²) in [7, 11) is 3.10. The van der Waals surface area contributed by atoms with E-state index in [0.717, 1.165) is 4.90 Å². The number of carbonyl (C=O) groups excluding carboxylic acids is 2. The number of amides is 2. The Bertz CT molecular complexity index is 1190. The molecule has 3 aromatic rings. The summed E-state index contributed by atoms with van der Waals surface area (Å²) >= 11 is 6.10. The summed E-state index contributed by atoms with van der Waals surface area (Å²) in [4.78, 5) is 28.0. The maximum Gasteiger partial charge on any atom is 0.282 e. The Kier molecular flexibility index (Phi) is 5.64. The van der Waals surface area contributed by atoms with Crippen LogP contribution in [0.3, 0.4) is 0 Å². The Labute approximate surface area is 184 Å². The van der Waals surface area contributed by atoms with Crippen LogP contribution in [0, 0.1) is 0 Å². The zero-order valence-corrected chi connectivity index (χ0v) is 17.6. The summed E-state index contributed by atoms with van der Waals surface area (Å²) in [6.07, 6.45) is 0. The van der Waals surface area contributed by atoms with E-state index in [-0.39, 0.29) is 11.3 Å². The van der Waals surface area contributed by atoms with Crippen LogP contribution in [-0.2, 0) is 9.59 Å². The summed E-state index contributed by atoms with van der Waals surface area (Å²) in [6, 6.07) is 20.8. The fraction of sp³-hybridized carbons (Fsp3) is 0.0833. The molecule has 156 valence electrons. The van der Waals surface area contributed by atoms with Crippen LogP contribution in [0.1, 0.15) is 5.56 Å². The minimum atomic E-state index is -0.482. The van der Waals surface area contributed by atoms with Gasteiger partial charge in [0.05, 0.1) is 31.2 Å². The molecule has 3 aromatic carbocycles. The number of rotatable bonds is 6. The highest BCUT2D eigenvalue weighted by atomic mass is 35.5. The Morgan fingerprint density at radius 3 is 2.26 bits per heavy atom. The van der Waals surface area contributed by atoms with E-state index in [0.29, 0.717) is 33.5 Å². The average Bonchev–Trinajstić information content (AvgIpc) is 3.03. The first-order valence-corrected chi connectivity index (χ1v) is 9.84. The van der Waals surface area contributed by atoms with Crippen LogP contribution >= 0.6 is 11.6 Å². The first-order valence-electron chi connectivity index (χ1n) is 9.46. The van der Waals surface area contributed by atoms with Gasteiger partial charge in [0.1, 0.15) is 17.2 Å². The van der Waals surface area contributed by atoms with Crippen molar-refractivity contribution in [1.82, 2.24) is 0 Å². The van der Waals surface area contributed by atoms with E-state index in [9.17, 15) is 9.59 Å². The van der Waals surface area contributed by atoms with Gasteiger partial charge in [0.25, 0.3) is 11.8 Å². The number of benzene rings is 3. The number of hydrogen-bond donors (Lipinski definition) is 1. The number of imide groups is 1. The van der Waals surface area contributed by atoms with Crippen molar-refractivity contribution in [1.29, 1.82) is 0 Å². The molecule has 0 radical (unpaired) electrons. The van der Waals surface area contributed by atoms with Crippen LogP contribution in [0.2, 0.25) is 5.02 Å². The number of nitrogens with zero attached hydrogens (tertiary/aromatic N) is 1. The molecule has 0 saturated heterocycles. The molecule has 0 spiro atoms. The first kappa shape index (κ1) is 20.5. The van der Waals surface area contributed by atoms with Gasteiger partial charge in [-0.2, -0.15) is 0 Å². The fourth-order valence-corrected chi connectivity index (χ4v) is 3.59. The SMILES string of the molecule is COc1ccc(C2=C(Nc3ccccc3OC)C(=O)N(c3cccc(Cl)c3)C2=O)cc1. The molecule has 31 heavy (non-hydrogen) atoms. The van der Waals surface area contributed by atoms with Crippen molar-refractivity contribution in [2.24, 2.45) is 0 Å². The van der Waals surface area contributed by atoms with E-state index in [1.54, 1.807) is 74.9 Å². The van der Waals surface area contributed by atoms with Crippen LogP contribution in [-0.4, -0.2) is 26.0 Å². The molecule has 1 aliphatic heterocycles. The zero-order valence-electron chi connectivity index (χ0n) is 16.9. The third-order valence-electron chi connectivity index (χ3n) is 4.90. The lowest BCUT2D eigenvalue weighted by molar-refractivity contribution is -0.120. The normalized spacial score (nSPS) is 13.6. The minimum absolute atomic E-state index is 0.152. The number of halogens is 1. The van der Waals surface area contributed by atoms with E-state index in [1.165, 1.54) is 0 Å². The molecular formula is C24H19ClN2O4. The maximum atomic E-state index is 13.4. The first-order chi connectivity index (χ1) is 15.0. The quantitative estimate of drug-likeness (QED) is 0.567. The van der Waals surface area contributed by atoms with Crippen LogP contribution < -0.4 is 19.7 Å². The van der Waals surface area contributed by atoms with Crippen molar-refractivity contribution in [3.8, 4) is 11.5 Å². The molecule has 0 bridgehead atoms. The molecule has 0 saturated carbocycles. The second-order valence-corrected chi connectivity index (χ2v) is 7.17. The summed E-state index contributed by atoms with van der Waals surface area (Å²) in [6.45, 7) is 0. The molecule has 0 aliphatic carbocycles. The van der Waals surface area contributed by atoms with Gasteiger partial charge in [0.15, 0.2) is 0 Å². The third-order valence-corrected chi connectivity index (χ3v) is 5.13. The van der Waals surface area contributed by atoms with Crippen molar-refractivity contribution >= 4 is 40.4 Å². The van der Waals surface area contributed by atoms with E-state index in [2.05, 4.69) is 5.32 Å². The number of ether oxygens (including phenoxy) is 2. The highest BCUT2D eigenvalue weighted by Gasteiger charge is 2.40. The molecule has 1 aliphatic rings. The van der Waals surface area contributed by atoms with E-state index >= 15 is 0 Å². The van der Waals surface area contributed by atoms with Gasteiger partial charge in [0.2, 0.25) is 0 Å². The smallest absolute Gasteiger partial charge is 0.282 e. The monoisotopic (exact) mass is 434 g/mol. The number of carbonyl (C=O) groups is 2. The van der Waals surface area contributed by atoms with Gasteiger partial charge in [-0.1, -0.05) is 41.9 Å². The van der Waals surface area contributed by atoms with E-state index < -0.39 is 11.8 Å². The van der Waals surface area contributed by atoms with Crippen molar-refractivity contribution in [3.63, 3.8) is 0 Å². The van der Waals surface area contributed by atoms with Crippen LogP contribution in [0.4, 0.5) is 11.4 Å². The Hall–Kier alpha value is -3.77. The topological polar surface area (TPSA) is 67.9 Å². The Morgan fingerprint density at radius 2 is 1.58 bits per heavy atom. The molecule has 2 amide bonds. The highest BCUT2D eigenvalue weighted by Crippen LogP contribution is 2.36. The average molecular weight is 435 g/mol. The Morgan fingerprint density at radius 1 is 0.839 bits per heavy atom. The lowest BCUT2D eigenvalue weighted by atomic mass is 10.0. The van der Waals surface area contributed by atoms with Gasteiger partial charge < -0.3 is 14.8 Å². The second-order valence-electron chi connectivity index (χ2n) is 6.73. The summed E-state index contributed by atoms with van der Waals surface area (Å²) in [5.74, 6) is 0.261. The molecule has 6 nitrogen and oxygen atoms in total. The van der Waals surface area contributed by atoms with Gasteiger partial charge in [-0.3, -0.25) is 9.59 Å². The maximum absolute atomic E-state index is 13.4. The van der Waals surface area contributed by atoms with Gasteiger partial charge in [-0.15, -0.1) is 0 Å². The molecule has 0 aromatic heterocycles. The summed E-state index contributed by atoms with van der Waals surface area (Å²) in [5, 5.41) is 3.54. The predicted molar refractivity (Wildman–Crippen MR) is 120 cm³/mol. The predicted octanol–water partition coefficient (Wildman–Crippen LogP) is 4.75. The lowest BCUT2D eigenvalue weighted by Gasteiger charge is -2.16. The molecular weight excluding hydrogens is 416 g/mol. The van der Waals surface area contributed by atoms with Crippen LogP contribution in [0.15, 0.2) is 78.5 Å². The number of anilines is 2. The van der Waals surface area contributed by atoms with Crippen molar-refractivity contribution in [2.45, 2.75) is 0 Å². The number of para-hydroxylation sites is 2. The molecule has 4 rings (SSSR count). The molecule has 7 heteroatoms. The van der Waals surface area contributed by atoms with Crippen molar-refractivity contribution in [3.05, 3.63) is 89.1 Å². The largest absolute Gasteiger partial charge is 0.497 e. The van der Waals surface area contributed by atoms with E-state index in [4.69, 9.17) is 21.1 Å². The van der Waals surface area contributed by atoms with Gasteiger partial charge >= 0.3 is 0 Å².